The number of hydrogen-bond acceptors (Lipinski definition) is 3. The van der Waals surface area contributed by atoms with E-state index in [2.05, 4.69) is 10.1 Å². The molecular formula is C15H12Cl2FNO2. The van der Waals surface area contributed by atoms with E-state index in [0.29, 0.717) is 21.8 Å². The number of nitrogens with one attached hydrogen (secondary N) is 1. The molecule has 0 saturated carbocycles. The second-order valence-corrected chi connectivity index (χ2v) is 5.07. The molecule has 0 saturated heterocycles. The van der Waals surface area contributed by atoms with Crippen molar-refractivity contribution in [1.82, 2.24) is 0 Å². The summed E-state index contributed by atoms with van der Waals surface area (Å²) in [4.78, 5) is 11.5. The van der Waals surface area contributed by atoms with E-state index < -0.39 is 11.8 Å². The Bertz CT molecular complexity index is 677. The Labute approximate surface area is 131 Å². The minimum Gasteiger partial charge on any atom is -0.465 e. The van der Waals surface area contributed by atoms with Gasteiger partial charge in [-0.15, -0.1) is 0 Å². The Hall–Kier alpha value is -1.78. The summed E-state index contributed by atoms with van der Waals surface area (Å²) in [6.07, 6.45) is 0. The van der Waals surface area contributed by atoms with Crippen LogP contribution in [0.3, 0.4) is 0 Å². The molecule has 0 atom stereocenters. The fraction of sp³-hybridized carbons (Fsp3) is 0.133. The third-order valence-corrected chi connectivity index (χ3v) is 3.51. The molecule has 0 aliphatic carbocycles. The molecule has 2 aromatic carbocycles. The highest BCUT2D eigenvalue weighted by atomic mass is 35.5. The minimum atomic E-state index is -0.480. The zero-order chi connectivity index (χ0) is 15.4. The van der Waals surface area contributed by atoms with Crippen molar-refractivity contribution < 1.29 is 13.9 Å². The summed E-state index contributed by atoms with van der Waals surface area (Å²) in [5.74, 6) is -0.949. The summed E-state index contributed by atoms with van der Waals surface area (Å²) in [6, 6.07) is 9.44. The van der Waals surface area contributed by atoms with E-state index in [1.165, 1.54) is 13.2 Å². The van der Waals surface area contributed by atoms with Crippen LogP contribution < -0.4 is 5.32 Å². The summed E-state index contributed by atoms with van der Waals surface area (Å²) >= 11 is 11.8. The summed E-state index contributed by atoms with van der Waals surface area (Å²) in [5, 5.41) is 3.46. The fourth-order valence-corrected chi connectivity index (χ4v) is 2.16. The number of benzene rings is 2. The topological polar surface area (TPSA) is 38.3 Å². The zero-order valence-electron chi connectivity index (χ0n) is 11.1. The standard InChI is InChI=1S/C15H12Cl2FNO2/c1-21-15(20)9-5-6-11(16)13(7-9)19-8-10-3-2-4-12(17)14(10)18/h2-7,19H,8H2,1H3. The molecule has 21 heavy (non-hydrogen) atoms. The largest absolute Gasteiger partial charge is 0.465 e. The summed E-state index contributed by atoms with van der Waals surface area (Å²) in [6.45, 7) is 0.191. The lowest BCUT2D eigenvalue weighted by molar-refractivity contribution is 0.0601. The Balaban J connectivity index is 2.19. The van der Waals surface area contributed by atoms with E-state index in [9.17, 15) is 9.18 Å². The van der Waals surface area contributed by atoms with Crippen molar-refractivity contribution in [2.24, 2.45) is 0 Å². The highest BCUT2D eigenvalue weighted by Gasteiger charge is 2.10. The van der Waals surface area contributed by atoms with Crippen molar-refractivity contribution in [3.8, 4) is 0 Å². The number of ether oxygens (including phenoxy) is 1. The first-order chi connectivity index (χ1) is 10.0. The molecule has 0 aliphatic heterocycles. The lowest BCUT2D eigenvalue weighted by atomic mass is 10.1. The number of halogens is 3. The van der Waals surface area contributed by atoms with Crippen LogP contribution in [0.25, 0.3) is 0 Å². The molecule has 0 radical (unpaired) electrons. The Morgan fingerprint density at radius 1 is 1.24 bits per heavy atom. The lowest BCUT2D eigenvalue weighted by Gasteiger charge is -2.11. The number of esters is 1. The van der Waals surface area contributed by atoms with Crippen LogP contribution in [-0.4, -0.2) is 13.1 Å². The second-order valence-electron chi connectivity index (χ2n) is 4.25. The molecule has 0 unspecified atom stereocenters. The molecule has 0 spiro atoms. The third-order valence-electron chi connectivity index (χ3n) is 2.89. The third kappa shape index (κ3) is 3.65. The Kier molecular flexibility index (Phi) is 5.04. The summed E-state index contributed by atoms with van der Waals surface area (Å²) in [7, 11) is 1.30. The van der Waals surface area contributed by atoms with Gasteiger partial charge in [0.25, 0.3) is 0 Å². The number of rotatable bonds is 4. The zero-order valence-corrected chi connectivity index (χ0v) is 12.6. The van der Waals surface area contributed by atoms with Crippen molar-refractivity contribution >= 4 is 34.9 Å². The van der Waals surface area contributed by atoms with Crippen LogP contribution in [0.5, 0.6) is 0 Å². The van der Waals surface area contributed by atoms with Crippen molar-refractivity contribution in [3.05, 3.63) is 63.4 Å². The highest BCUT2D eigenvalue weighted by Crippen LogP contribution is 2.25. The average Bonchev–Trinajstić information content (AvgIpc) is 2.49. The predicted octanol–water partition coefficient (Wildman–Crippen LogP) is 4.53. The van der Waals surface area contributed by atoms with Crippen molar-refractivity contribution in [1.29, 1.82) is 0 Å². The monoisotopic (exact) mass is 327 g/mol. The molecule has 1 N–H and O–H groups in total. The van der Waals surface area contributed by atoms with E-state index in [1.807, 2.05) is 0 Å². The molecule has 6 heteroatoms. The maximum absolute atomic E-state index is 13.8. The predicted molar refractivity (Wildman–Crippen MR) is 81.5 cm³/mol. The van der Waals surface area contributed by atoms with Gasteiger partial charge in [0.2, 0.25) is 0 Å². The van der Waals surface area contributed by atoms with Gasteiger partial charge in [-0.05, 0) is 24.3 Å². The van der Waals surface area contributed by atoms with Crippen LogP contribution in [0.2, 0.25) is 10.0 Å². The number of methoxy groups -OCH3 is 1. The number of carbonyl (C=O) groups excluding carboxylic acids is 1. The first-order valence-corrected chi connectivity index (χ1v) is 6.83. The van der Waals surface area contributed by atoms with Gasteiger partial charge in [-0.2, -0.15) is 0 Å². The molecule has 0 amide bonds. The van der Waals surface area contributed by atoms with Gasteiger partial charge >= 0.3 is 5.97 Å². The van der Waals surface area contributed by atoms with E-state index in [-0.39, 0.29) is 11.6 Å². The molecular weight excluding hydrogens is 316 g/mol. The molecule has 0 fully saturated rings. The van der Waals surface area contributed by atoms with Gasteiger partial charge in [0.05, 0.1) is 28.4 Å². The van der Waals surface area contributed by atoms with Crippen LogP contribution in [0.4, 0.5) is 10.1 Å². The van der Waals surface area contributed by atoms with Crippen molar-refractivity contribution in [2.45, 2.75) is 6.54 Å². The van der Waals surface area contributed by atoms with Crippen LogP contribution in [0.1, 0.15) is 15.9 Å². The first kappa shape index (κ1) is 15.6. The van der Waals surface area contributed by atoms with Gasteiger partial charge in [0.1, 0.15) is 5.82 Å². The van der Waals surface area contributed by atoms with Gasteiger partial charge in [-0.3, -0.25) is 0 Å². The van der Waals surface area contributed by atoms with Gasteiger partial charge in [-0.1, -0.05) is 35.3 Å². The highest BCUT2D eigenvalue weighted by molar-refractivity contribution is 6.33. The van der Waals surface area contributed by atoms with Crippen LogP contribution >= 0.6 is 23.2 Å². The van der Waals surface area contributed by atoms with Gasteiger partial charge < -0.3 is 10.1 Å². The number of anilines is 1. The normalized spacial score (nSPS) is 10.3. The first-order valence-electron chi connectivity index (χ1n) is 6.07. The number of carbonyl (C=O) groups is 1. The SMILES string of the molecule is COC(=O)c1ccc(Cl)c(NCc2cccc(Cl)c2F)c1. The van der Waals surface area contributed by atoms with E-state index in [1.54, 1.807) is 30.3 Å². The lowest BCUT2D eigenvalue weighted by Crippen LogP contribution is -2.05. The van der Waals surface area contributed by atoms with E-state index in [0.717, 1.165) is 0 Å². The second kappa shape index (κ2) is 6.78. The smallest absolute Gasteiger partial charge is 0.337 e. The quantitative estimate of drug-likeness (QED) is 0.838. The fourth-order valence-electron chi connectivity index (χ4n) is 1.78. The molecule has 3 nitrogen and oxygen atoms in total. The van der Waals surface area contributed by atoms with Crippen LogP contribution in [0.15, 0.2) is 36.4 Å². The van der Waals surface area contributed by atoms with Gasteiger partial charge in [0.15, 0.2) is 0 Å². The molecule has 2 rings (SSSR count). The molecule has 2 aromatic rings. The minimum absolute atomic E-state index is 0.0590. The molecule has 0 aliphatic rings. The summed E-state index contributed by atoms with van der Waals surface area (Å²) in [5.41, 5.74) is 1.27. The molecule has 0 heterocycles. The molecule has 110 valence electrons. The van der Waals surface area contributed by atoms with E-state index in [4.69, 9.17) is 23.2 Å². The van der Waals surface area contributed by atoms with Gasteiger partial charge in [0, 0.05) is 12.1 Å². The maximum atomic E-state index is 13.8. The number of hydrogen-bond donors (Lipinski definition) is 1. The molecule has 0 aromatic heterocycles. The van der Waals surface area contributed by atoms with Gasteiger partial charge in [-0.25, -0.2) is 9.18 Å². The van der Waals surface area contributed by atoms with Crippen molar-refractivity contribution in [3.63, 3.8) is 0 Å². The summed E-state index contributed by atoms with van der Waals surface area (Å²) < 4.78 is 18.4. The van der Waals surface area contributed by atoms with Crippen molar-refractivity contribution in [2.75, 3.05) is 12.4 Å². The van der Waals surface area contributed by atoms with E-state index >= 15 is 0 Å². The average molecular weight is 328 g/mol. The Morgan fingerprint density at radius 2 is 2.00 bits per heavy atom. The Morgan fingerprint density at radius 3 is 2.71 bits per heavy atom. The van der Waals surface area contributed by atoms with Crippen LogP contribution in [0, 0.1) is 5.82 Å². The maximum Gasteiger partial charge on any atom is 0.337 e. The molecule has 0 bridgehead atoms. The van der Waals surface area contributed by atoms with Crippen LogP contribution in [-0.2, 0) is 11.3 Å².